The molecular weight excluding hydrogens is 300 g/mol. The van der Waals surface area contributed by atoms with Crippen molar-refractivity contribution < 1.29 is 13.9 Å². The van der Waals surface area contributed by atoms with E-state index in [-0.39, 0.29) is 29.0 Å². The maximum Gasteiger partial charge on any atom is 0.302 e. The molecule has 0 amide bonds. The van der Waals surface area contributed by atoms with Crippen LogP contribution < -0.4 is 10.3 Å². The Morgan fingerprint density at radius 2 is 2.18 bits per heavy atom. The van der Waals surface area contributed by atoms with Gasteiger partial charge in [-0.25, -0.2) is 0 Å². The first-order valence-corrected chi connectivity index (χ1v) is 10.6. The highest BCUT2D eigenvalue weighted by molar-refractivity contribution is 6.74. The molecule has 1 saturated heterocycles. The summed E-state index contributed by atoms with van der Waals surface area (Å²) in [5, 5.41) is 0.165. The lowest BCUT2D eigenvalue weighted by atomic mass is 10.2. The van der Waals surface area contributed by atoms with Gasteiger partial charge in [0.2, 0.25) is 0 Å². The van der Waals surface area contributed by atoms with Gasteiger partial charge in [0.15, 0.2) is 8.32 Å². The molecule has 7 heteroatoms. The standard InChI is InChI=1S/C15H24N2O4Si/c1-15(2,3)22(4,5)19-9-11-10-8-13(20-11)17-7-6-12(18)16-14(17)21-10/h6-7,10-11,13H,8-9H2,1-5H3/t10-,11-,13-/m1/s1. The van der Waals surface area contributed by atoms with Gasteiger partial charge < -0.3 is 13.9 Å². The minimum atomic E-state index is -1.81. The third-order valence-corrected chi connectivity index (χ3v) is 9.47. The molecule has 3 atom stereocenters. The van der Waals surface area contributed by atoms with Crippen LogP contribution in [-0.4, -0.2) is 36.7 Å². The average molecular weight is 324 g/mol. The number of hydrogen-bond acceptors (Lipinski definition) is 5. The van der Waals surface area contributed by atoms with E-state index in [9.17, 15) is 4.79 Å². The van der Waals surface area contributed by atoms with Gasteiger partial charge in [0.05, 0.1) is 6.61 Å². The van der Waals surface area contributed by atoms with E-state index >= 15 is 0 Å². The second-order valence-corrected chi connectivity index (χ2v) is 12.4. The van der Waals surface area contributed by atoms with E-state index in [0.29, 0.717) is 12.6 Å². The van der Waals surface area contributed by atoms with Gasteiger partial charge in [-0.05, 0) is 18.1 Å². The number of rotatable bonds is 3. The molecule has 6 nitrogen and oxygen atoms in total. The van der Waals surface area contributed by atoms with Gasteiger partial charge in [0.1, 0.15) is 18.4 Å². The number of fused-ring (bicyclic) bond motifs is 4. The molecule has 3 heterocycles. The Hall–Kier alpha value is -1.18. The third-order valence-electron chi connectivity index (χ3n) is 4.97. The molecule has 0 spiro atoms. The van der Waals surface area contributed by atoms with E-state index in [1.165, 1.54) is 6.07 Å². The molecule has 0 radical (unpaired) electrons. The van der Waals surface area contributed by atoms with Gasteiger partial charge in [-0.2, -0.15) is 4.98 Å². The summed E-state index contributed by atoms with van der Waals surface area (Å²) in [5.41, 5.74) is -0.290. The molecule has 1 aromatic rings. The van der Waals surface area contributed by atoms with E-state index in [4.69, 9.17) is 13.9 Å². The normalized spacial score (nSPS) is 27.4. The number of nitrogens with zero attached hydrogens (tertiary/aromatic N) is 2. The second kappa shape index (κ2) is 5.18. The molecular formula is C15H24N2O4Si. The molecule has 122 valence electrons. The molecule has 22 heavy (non-hydrogen) atoms. The molecule has 0 N–H and O–H groups in total. The first-order chi connectivity index (χ1) is 10.2. The molecule has 0 unspecified atom stereocenters. The summed E-state index contributed by atoms with van der Waals surface area (Å²) in [6.07, 6.45) is 2.13. The van der Waals surface area contributed by atoms with Crippen molar-refractivity contribution in [2.24, 2.45) is 0 Å². The summed E-state index contributed by atoms with van der Waals surface area (Å²) < 4.78 is 19.9. The lowest BCUT2D eigenvalue weighted by Crippen LogP contribution is -2.44. The minimum absolute atomic E-state index is 0.0935. The first kappa shape index (κ1) is 15.7. The Balaban J connectivity index is 1.70. The van der Waals surface area contributed by atoms with E-state index in [2.05, 4.69) is 38.8 Å². The smallest absolute Gasteiger partial charge is 0.302 e. The number of hydrogen-bond donors (Lipinski definition) is 0. The first-order valence-electron chi connectivity index (χ1n) is 7.73. The second-order valence-electron chi connectivity index (χ2n) is 7.55. The zero-order chi connectivity index (χ0) is 16.1. The van der Waals surface area contributed by atoms with Crippen molar-refractivity contribution in [3.05, 3.63) is 22.6 Å². The Labute approximate surface area is 131 Å². The van der Waals surface area contributed by atoms with E-state index in [1.54, 1.807) is 10.8 Å². The molecule has 0 aromatic carbocycles. The summed E-state index contributed by atoms with van der Waals surface area (Å²) >= 11 is 0. The topological polar surface area (TPSA) is 62.6 Å². The van der Waals surface area contributed by atoms with Crippen LogP contribution in [0.25, 0.3) is 0 Å². The van der Waals surface area contributed by atoms with Crippen LogP contribution in [0.15, 0.2) is 17.1 Å². The largest absolute Gasteiger partial charge is 0.458 e. The summed E-state index contributed by atoms with van der Waals surface area (Å²) in [6, 6.07) is 1.78. The van der Waals surface area contributed by atoms with E-state index in [0.717, 1.165) is 6.42 Å². The van der Waals surface area contributed by atoms with Crippen molar-refractivity contribution >= 4 is 8.32 Å². The SMILES string of the molecule is CC(C)(C)[Si](C)(C)OC[C@H]1O[C@@H]2C[C@H]1Oc1nc(=O)ccn12. The zero-order valence-corrected chi connectivity index (χ0v) is 14.8. The lowest BCUT2D eigenvalue weighted by Gasteiger charge is -2.37. The van der Waals surface area contributed by atoms with Gasteiger partial charge >= 0.3 is 6.01 Å². The van der Waals surface area contributed by atoms with Gasteiger partial charge in [-0.3, -0.25) is 9.36 Å². The molecule has 3 rings (SSSR count). The van der Waals surface area contributed by atoms with Crippen molar-refractivity contribution in [2.45, 2.75) is 63.8 Å². The van der Waals surface area contributed by atoms with Crippen molar-refractivity contribution in [1.82, 2.24) is 9.55 Å². The van der Waals surface area contributed by atoms with Crippen LogP contribution in [-0.2, 0) is 9.16 Å². The van der Waals surface area contributed by atoms with Crippen molar-refractivity contribution in [3.63, 3.8) is 0 Å². The van der Waals surface area contributed by atoms with Crippen molar-refractivity contribution in [1.29, 1.82) is 0 Å². The maximum absolute atomic E-state index is 11.4. The quantitative estimate of drug-likeness (QED) is 0.799. The van der Waals surface area contributed by atoms with Crippen LogP contribution in [0.3, 0.4) is 0 Å². The predicted molar refractivity (Wildman–Crippen MR) is 84.6 cm³/mol. The fourth-order valence-corrected chi connectivity index (χ4v) is 3.50. The lowest BCUT2D eigenvalue weighted by molar-refractivity contribution is -0.0219. The number of aromatic nitrogens is 2. The zero-order valence-electron chi connectivity index (χ0n) is 13.8. The summed E-state index contributed by atoms with van der Waals surface area (Å²) in [4.78, 5) is 15.3. The third kappa shape index (κ3) is 2.73. The van der Waals surface area contributed by atoms with Crippen LogP contribution in [0.5, 0.6) is 6.01 Å². The van der Waals surface area contributed by atoms with Gasteiger partial charge in [0, 0.05) is 18.7 Å². The fraction of sp³-hybridized carbons (Fsp3) is 0.733. The molecule has 2 bridgehead atoms. The summed E-state index contributed by atoms with van der Waals surface area (Å²) in [6.45, 7) is 11.6. The van der Waals surface area contributed by atoms with Crippen molar-refractivity contribution in [2.75, 3.05) is 6.61 Å². The molecule has 1 aromatic heterocycles. The van der Waals surface area contributed by atoms with Gasteiger partial charge in [-0.15, -0.1) is 0 Å². The Morgan fingerprint density at radius 3 is 2.86 bits per heavy atom. The highest BCUT2D eigenvalue weighted by Crippen LogP contribution is 2.40. The van der Waals surface area contributed by atoms with Crippen LogP contribution >= 0.6 is 0 Å². The Bertz CT molecular complexity index is 623. The molecule has 0 aliphatic carbocycles. The van der Waals surface area contributed by atoms with Crippen LogP contribution in [0, 0.1) is 0 Å². The molecule has 2 aliphatic rings. The van der Waals surface area contributed by atoms with Crippen LogP contribution in [0.1, 0.15) is 33.4 Å². The number of ether oxygens (including phenoxy) is 2. The predicted octanol–water partition coefficient (Wildman–Crippen LogP) is 2.31. The maximum atomic E-state index is 11.4. The Kier molecular flexibility index (Phi) is 3.69. The van der Waals surface area contributed by atoms with E-state index < -0.39 is 8.32 Å². The molecule has 1 fully saturated rings. The van der Waals surface area contributed by atoms with Crippen molar-refractivity contribution in [3.8, 4) is 6.01 Å². The molecule has 0 saturated carbocycles. The molecule has 2 aliphatic heterocycles. The minimum Gasteiger partial charge on any atom is -0.458 e. The average Bonchev–Trinajstić information content (AvgIpc) is 2.72. The monoisotopic (exact) mass is 324 g/mol. The fourth-order valence-electron chi connectivity index (χ4n) is 2.49. The van der Waals surface area contributed by atoms with Crippen LogP contribution in [0.4, 0.5) is 0 Å². The van der Waals surface area contributed by atoms with E-state index in [1.807, 2.05) is 0 Å². The summed E-state index contributed by atoms with van der Waals surface area (Å²) in [5.74, 6) is 0. The highest BCUT2D eigenvalue weighted by atomic mass is 28.4. The van der Waals surface area contributed by atoms with Gasteiger partial charge in [-0.1, -0.05) is 20.8 Å². The van der Waals surface area contributed by atoms with Gasteiger partial charge in [0.25, 0.3) is 5.56 Å². The Morgan fingerprint density at radius 1 is 1.45 bits per heavy atom. The summed E-state index contributed by atoms with van der Waals surface area (Å²) in [7, 11) is -1.81. The van der Waals surface area contributed by atoms with Crippen LogP contribution in [0.2, 0.25) is 18.1 Å². The highest BCUT2D eigenvalue weighted by Gasteiger charge is 2.45.